The number of nitrogens with zero attached hydrogens (tertiary/aromatic N) is 2. The second-order valence-corrected chi connectivity index (χ2v) is 6.93. The highest BCUT2D eigenvalue weighted by Gasteiger charge is 2.30. The molecule has 0 saturated heterocycles. The summed E-state index contributed by atoms with van der Waals surface area (Å²) in [6.45, 7) is 1.93. The van der Waals surface area contributed by atoms with Crippen LogP contribution in [0.3, 0.4) is 0 Å². The number of rotatable bonds is 3. The molecule has 26 heavy (non-hydrogen) atoms. The van der Waals surface area contributed by atoms with Gasteiger partial charge in [-0.1, -0.05) is 42.5 Å². The van der Waals surface area contributed by atoms with Gasteiger partial charge < -0.3 is 16.0 Å². The third-order valence-corrected chi connectivity index (χ3v) is 5.16. The highest BCUT2D eigenvalue weighted by atomic mass is 32.1. The predicted octanol–water partition coefficient (Wildman–Crippen LogP) is 2.07. The predicted molar refractivity (Wildman–Crippen MR) is 100 cm³/mol. The van der Waals surface area contributed by atoms with Crippen molar-refractivity contribution < 1.29 is 4.79 Å². The average Bonchev–Trinajstić information content (AvgIpc) is 3.06. The molecule has 0 bridgehead atoms. The fourth-order valence-electron chi connectivity index (χ4n) is 3.37. The van der Waals surface area contributed by atoms with Crippen molar-refractivity contribution in [2.24, 2.45) is 0 Å². The number of aryl methyl sites for hydroxylation is 1. The Bertz CT molecular complexity index is 1060. The first-order valence-corrected chi connectivity index (χ1v) is 9.18. The number of hydrogen-bond acceptors (Lipinski definition) is 6. The Morgan fingerprint density at radius 3 is 2.81 bits per heavy atom. The lowest BCUT2D eigenvalue weighted by Crippen LogP contribution is -2.37. The van der Waals surface area contributed by atoms with Gasteiger partial charge in [-0.15, -0.1) is 0 Å². The molecule has 1 aliphatic heterocycles. The number of nitrogens with one attached hydrogen (secondary N) is 2. The summed E-state index contributed by atoms with van der Waals surface area (Å²) in [5.41, 5.74) is 10.2. The van der Waals surface area contributed by atoms with Crippen LogP contribution in [0.1, 0.15) is 40.3 Å². The molecule has 1 atom stereocenters. The van der Waals surface area contributed by atoms with E-state index in [1.54, 1.807) is 5.38 Å². The highest BCUT2D eigenvalue weighted by molar-refractivity contribution is 7.07. The number of H-pyrrole nitrogens is 1. The number of nitrogen functional groups attached to an aromatic ring is 1. The Morgan fingerprint density at radius 2 is 2.08 bits per heavy atom. The monoisotopic (exact) mass is 367 g/mol. The van der Waals surface area contributed by atoms with Crippen LogP contribution in [0.2, 0.25) is 0 Å². The van der Waals surface area contributed by atoms with Crippen molar-refractivity contribution in [1.29, 1.82) is 0 Å². The maximum atomic E-state index is 12.7. The number of carbonyl (C=O) groups is 1. The van der Waals surface area contributed by atoms with E-state index in [1.807, 2.05) is 31.2 Å². The summed E-state index contributed by atoms with van der Waals surface area (Å²) in [7, 11) is 0. The van der Waals surface area contributed by atoms with E-state index in [9.17, 15) is 9.59 Å². The molecule has 1 amide bonds. The van der Waals surface area contributed by atoms with Crippen molar-refractivity contribution in [1.82, 2.24) is 20.3 Å². The molecule has 4 N–H and O–H groups in total. The minimum Gasteiger partial charge on any atom is -0.368 e. The Morgan fingerprint density at radius 1 is 1.27 bits per heavy atom. The number of fused-ring (bicyclic) bond motifs is 1. The summed E-state index contributed by atoms with van der Waals surface area (Å²) in [5.74, 6) is -0.00813. The summed E-state index contributed by atoms with van der Waals surface area (Å²) >= 11 is 1.12. The molecule has 1 aliphatic rings. The Labute approximate surface area is 153 Å². The quantitative estimate of drug-likeness (QED) is 0.656. The van der Waals surface area contributed by atoms with Crippen molar-refractivity contribution in [2.75, 3.05) is 5.73 Å². The number of benzene rings is 1. The summed E-state index contributed by atoms with van der Waals surface area (Å²) in [4.78, 5) is 35.5. The molecule has 0 spiro atoms. The first-order chi connectivity index (χ1) is 12.6. The van der Waals surface area contributed by atoms with E-state index in [1.165, 1.54) is 0 Å². The minimum atomic E-state index is -0.256. The third-order valence-electron chi connectivity index (χ3n) is 4.49. The van der Waals surface area contributed by atoms with E-state index in [0.29, 0.717) is 29.8 Å². The van der Waals surface area contributed by atoms with Gasteiger partial charge in [0.2, 0.25) is 5.95 Å². The van der Waals surface area contributed by atoms with E-state index in [2.05, 4.69) is 20.3 Å². The van der Waals surface area contributed by atoms with Crippen molar-refractivity contribution in [3.63, 3.8) is 0 Å². The van der Waals surface area contributed by atoms with Crippen LogP contribution in [0, 0.1) is 0 Å². The zero-order valence-corrected chi connectivity index (χ0v) is 14.9. The molecule has 3 aromatic rings. The maximum Gasteiger partial charge on any atom is 0.304 e. The van der Waals surface area contributed by atoms with Crippen LogP contribution in [0.15, 0.2) is 34.4 Å². The van der Waals surface area contributed by atoms with Crippen LogP contribution < -0.4 is 15.9 Å². The van der Waals surface area contributed by atoms with E-state index in [0.717, 1.165) is 28.2 Å². The summed E-state index contributed by atoms with van der Waals surface area (Å²) in [6, 6.07) is 7.45. The third kappa shape index (κ3) is 2.78. The molecule has 132 valence electrons. The number of thiazole rings is 1. The maximum absolute atomic E-state index is 12.7. The van der Waals surface area contributed by atoms with E-state index < -0.39 is 0 Å². The fourth-order valence-corrected chi connectivity index (χ4v) is 3.95. The molecule has 3 heterocycles. The van der Waals surface area contributed by atoms with Crippen LogP contribution in [-0.4, -0.2) is 20.9 Å². The van der Waals surface area contributed by atoms with Gasteiger partial charge in [0.25, 0.3) is 5.91 Å². The lowest BCUT2D eigenvalue weighted by atomic mass is 9.90. The molecule has 1 aromatic carbocycles. The van der Waals surface area contributed by atoms with Gasteiger partial charge in [-0.3, -0.25) is 9.59 Å². The number of aromatic amines is 1. The normalized spacial score (nSPS) is 16.2. The lowest BCUT2D eigenvalue weighted by Gasteiger charge is -2.27. The van der Waals surface area contributed by atoms with Crippen molar-refractivity contribution >= 4 is 23.2 Å². The van der Waals surface area contributed by atoms with Gasteiger partial charge in [-0.05, 0) is 12.0 Å². The number of nitrogens with two attached hydrogens (primary N) is 1. The summed E-state index contributed by atoms with van der Waals surface area (Å²) < 4.78 is 0. The minimum absolute atomic E-state index is 0.110. The van der Waals surface area contributed by atoms with Crippen LogP contribution in [0.4, 0.5) is 5.95 Å². The molecule has 4 rings (SSSR count). The fraction of sp³-hybridized carbons (Fsp3) is 0.222. The molecule has 0 fully saturated rings. The summed E-state index contributed by atoms with van der Waals surface area (Å²) in [5, 5.41) is 4.84. The number of aromatic nitrogens is 3. The topological polar surface area (TPSA) is 114 Å². The van der Waals surface area contributed by atoms with E-state index in [4.69, 9.17) is 5.73 Å². The van der Waals surface area contributed by atoms with Gasteiger partial charge in [0, 0.05) is 17.4 Å². The SMILES string of the molecule is CCc1nc(N)nc2c1C(=O)N[C@@H](c1ccccc1-c1csc(=O)[nH]1)C2. The van der Waals surface area contributed by atoms with Gasteiger partial charge >= 0.3 is 4.87 Å². The molecule has 7 nitrogen and oxygen atoms in total. The van der Waals surface area contributed by atoms with Crippen LogP contribution in [0.5, 0.6) is 0 Å². The largest absolute Gasteiger partial charge is 0.368 e. The van der Waals surface area contributed by atoms with Crippen LogP contribution in [0.25, 0.3) is 11.3 Å². The molecular weight excluding hydrogens is 350 g/mol. The molecule has 8 heteroatoms. The number of carbonyl (C=O) groups excluding carboxylic acids is 1. The first kappa shape index (κ1) is 16.5. The van der Waals surface area contributed by atoms with Gasteiger partial charge in [-0.25, -0.2) is 9.97 Å². The van der Waals surface area contributed by atoms with Crippen LogP contribution >= 0.6 is 11.3 Å². The molecule has 0 saturated carbocycles. The van der Waals surface area contributed by atoms with Crippen LogP contribution in [-0.2, 0) is 12.8 Å². The Hall–Kier alpha value is -3.00. The molecule has 0 aliphatic carbocycles. The van der Waals surface area contributed by atoms with Crippen molar-refractivity contribution in [3.8, 4) is 11.3 Å². The standard InChI is InChI=1S/C18H17N5O2S/c1-2-11-15-13(22-17(19)21-11)7-12(20-16(15)24)9-5-3-4-6-10(9)14-8-26-18(25)23-14/h3-6,8,12H,2,7H2,1H3,(H,20,24)(H,23,25)(H2,19,21,22)/t12-/m1/s1. The Balaban J connectivity index is 1.79. The van der Waals surface area contributed by atoms with E-state index >= 15 is 0 Å². The smallest absolute Gasteiger partial charge is 0.304 e. The van der Waals surface area contributed by atoms with Gasteiger partial charge in [-0.2, -0.15) is 0 Å². The average molecular weight is 367 g/mol. The van der Waals surface area contributed by atoms with Crippen molar-refractivity contribution in [2.45, 2.75) is 25.8 Å². The summed E-state index contributed by atoms with van der Waals surface area (Å²) in [6.07, 6.45) is 1.13. The Kier molecular flexibility index (Phi) is 4.04. The molecule has 0 radical (unpaired) electrons. The second-order valence-electron chi connectivity index (χ2n) is 6.08. The van der Waals surface area contributed by atoms with E-state index in [-0.39, 0.29) is 22.8 Å². The molecular formula is C18H17N5O2S. The molecule has 0 unspecified atom stereocenters. The number of hydrogen-bond donors (Lipinski definition) is 3. The van der Waals surface area contributed by atoms with Gasteiger partial charge in [0.05, 0.1) is 28.7 Å². The lowest BCUT2D eigenvalue weighted by molar-refractivity contribution is 0.0922. The molecule has 2 aromatic heterocycles. The first-order valence-electron chi connectivity index (χ1n) is 8.30. The second kappa shape index (κ2) is 6.38. The number of anilines is 1. The van der Waals surface area contributed by atoms with Crippen molar-refractivity contribution in [3.05, 3.63) is 61.8 Å². The zero-order valence-electron chi connectivity index (χ0n) is 14.1. The zero-order chi connectivity index (χ0) is 18.3. The van der Waals surface area contributed by atoms with Gasteiger partial charge in [0.15, 0.2) is 0 Å². The van der Waals surface area contributed by atoms with Gasteiger partial charge in [0.1, 0.15) is 0 Å². The highest BCUT2D eigenvalue weighted by Crippen LogP contribution is 2.32. The number of amides is 1.